The average molecular weight is 265 g/mol. The van der Waals surface area contributed by atoms with Crippen LogP contribution >= 0.6 is 0 Å². The highest BCUT2D eigenvalue weighted by atomic mass is 15.3. The molecular formula is C17H19N3. The molecule has 3 aromatic rings. The number of benzene rings is 2. The van der Waals surface area contributed by atoms with Gasteiger partial charge in [-0.3, -0.25) is 4.68 Å². The van der Waals surface area contributed by atoms with Crippen LogP contribution in [0.5, 0.6) is 0 Å². The molecule has 0 fully saturated rings. The smallest absolute Gasteiger partial charge is 0.0644 e. The van der Waals surface area contributed by atoms with E-state index in [1.54, 1.807) is 0 Å². The van der Waals surface area contributed by atoms with Crippen LogP contribution < -0.4 is 5.32 Å². The Hall–Kier alpha value is -2.13. The van der Waals surface area contributed by atoms with Crippen LogP contribution in [0.2, 0.25) is 0 Å². The lowest BCUT2D eigenvalue weighted by molar-refractivity contribution is 0.691. The summed E-state index contributed by atoms with van der Waals surface area (Å²) >= 11 is 0. The number of nitrogens with zero attached hydrogens (tertiary/aromatic N) is 2. The van der Waals surface area contributed by atoms with Gasteiger partial charge in [0.25, 0.3) is 0 Å². The molecule has 3 nitrogen and oxygen atoms in total. The summed E-state index contributed by atoms with van der Waals surface area (Å²) in [5.41, 5.74) is 3.59. The molecule has 0 saturated heterocycles. The summed E-state index contributed by atoms with van der Waals surface area (Å²) in [6.45, 7) is 2.06. The predicted molar refractivity (Wildman–Crippen MR) is 82.8 cm³/mol. The van der Waals surface area contributed by atoms with Gasteiger partial charge < -0.3 is 5.32 Å². The number of rotatable bonds is 3. The van der Waals surface area contributed by atoms with Gasteiger partial charge in [0.2, 0.25) is 0 Å². The first-order valence-electron chi connectivity index (χ1n) is 6.86. The standard InChI is InChI=1S/C17H19N3/c1-12-16(11-20(3)19-12)17(18-2)15-10-6-8-13-7-4-5-9-14(13)15/h4-11,17-18H,1-3H3. The van der Waals surface area contributed by atoms with Gasteiger partial charge >= 0.3 is 0 Å². The van der Waals surface area contributed by atoms with Crippen LogP contribution in [0.15, 0.2) is 48.7 Å². The van der Waals surface area contributed by atoms with Crippen LogP contribution in [0.4, 0.5) is 0 Å². The molecule has 2 aromatic carbocycles. The van der Waals surface area contributed by atoms with Gasteiger partial charge in [-0.1, -0.05) is 42.5 Å². The monoisotopic (exact) mass is 265 g/mol. The lowest BCUT2D eigenvalue weighted by atomic mass is 9.94. The molecule has 1 aromatic heterocycles. The number of fused-ring (bicyclic) bond motifs is 1. The van der Waals surface area contributed by atoms with E-state index in [9.17, 15) is 0 Å². The van der Waals surface area contributed by atoms with Crippen LogP contribution in [-0.2, 0) is 7.05 Å². The Labute approximate surface area is 119 Å². The number of aromatic nitrogens is 2. The first-order valence-corrected chi connectivity index (χ1v) is 6.86. The topological polar surface area (TPSA) is 29.9 Å². The quantitative estimate of drug-likeness (QED) is 0.788. The van der Waals surface area contributed by atoms with Crippen molar-refractivity contribution in [1.29, 1.82) is 0 Å². The molecule has 0 saturated carbocycles. The summed E-state index contributed by atoms with van der Waals surface area (Å²) in [5.74, 6) is 0. The van der Waals surface area contributed by atoms with Gasteiger partial charge in [0.05, 0.1) is 11.7 Å². The van der Waals surface area contributed by atoms with E-state index in [0.717, 1.165) is 5.69 Å². The molecule has 3 rings (SSSR count). The van der Waals surface area contributed by atoms with Crippen molar-refractivity contribution in [3.63, 3.8) is 0 Å². The molecule has 20 heavy (non-hydrogen) atoms. The second-order valence-electron chi connectivity index (χ2n) is 5.13. The van der Waals surface area contributed by atoms with E-state index in [2.05, 4.69) is 66.0 Å². The second kappa shape index (κ2) is 5.10. The van der Waals surface area contributed by atoms with E-state index in [4.69, 9.17) is 0 Å². The summed E-state index contributed by atoms with van der Waals surface area (Å²) in [7, 11) is 3.96. The highest BCUT2D eigenvalue weighted by molar-refractivity contribution is 5.86. The fraction of sp³-hybridized carbons (Fsp3) is 0.235. The zero-order valence-electron chi connectivity index (χ0n) is 12.1. The minimum atomic E-state index is 0.162. The van der Waals surface area contributed by atoms with Gasteiger partial charge in [-0.05, 0) is 30.3 Å². The molecule has 0 aliphatic carbocycles. The highest BCUT2D eigenvalue weighted by Gasteiger charge is 2.18. The van der Waals surface area contributed by atoms with Crippen LogP contribution in [0.1, 0.15) is 22.9 Å². The Morgan fingerprint density at radius 2 is 1.80 bits per heavy atom. The van der Waals surface area contributed by atoms with E-state index in [0.29, 0.717) is 0 Å². The maximum Gasteiger partial charge on any atom is 0.0644 e. The zero-order valence-corrected chi connectivity index (χ0v) is 12.1. The van der Waals surface area contributed by atoms with Crippen molar-refractivity contribution in [3.8, 4) is 0 Å². The summed E-state index contributed by atoms with van der Waals surface area (Å²) in [5, 5.41) is 10.4. The zero-order chi connectivity index (χ0) is 14.1. The molecule has 0 radical (unpaired) electrons. The van der Waals surface area contributed by atoms with Crippen LogP contribution in [0, 0.1) is 6.92 Å². The summed E-state index contributed by atoms with van der Waals surface area (Å²) in [6, 6.07) is 15.1. The Bertz CT molecular complexity index is 738. The summed E-state index contributed by atoms with van der Waals surface area (Å²) in [6.07, 6.45) is 2.10. The van der Waals surface area contributed by atoms with Crippen molar-refractivity contribution in [1.82, 2.24) is 15.1 Å². The van der Waals surface area contributed by atoms with Crippen molar-refractivity contribution in [2.75, 3.05) is 7.05 Å². The number of hydrogen-bond donors (Lipinski definition) is 1. The van der Waals surface area contributed by atoms with E-state index >= 15 is 0 Å². The molecule has 0 aliphatic rings. The van der Waals surface area contributed by atoms with Crippen LogP contribution in [0.3, 0.4) is 0 Å². The summed E-state index contributed by atoms with van der Waals surface area (Å²) in [4.78, 5) is 0. The third-order valence-electron chi connectivity index (χ3n) is 3.79. The van der Waals surface area contributed by atoms with Gasteiger partial charge in [0, 0.05) is 18.8 Å². The Morgan fingerprint density at radius 3 is 2.50 bits per heavy atom. The number of nitrogens with one attached hydrogen (secondary N) is 1. The van der Waals surface area contributed by atoms with Crippen molar-refractivity contribution in [3.05, 3.63) is 65.5 Å². The fourth-order valence-electron chi connectivity index (χ4n) is 2.88. The van der Waals surface area contributed by atoms with Crippen molar-refractivity contribution in [2.24, 2.45) is 7.05 Å². The van der Waals surface area contributed by atoms with Crippen molar-refractivity contribution >= 4 is 10.8 Å². The molecule has 0 bridgehead atoms. The molecule has 3 heteroatoms. The summed E-state index contributed by atoms with van der Waals surface area (Å²) < 4.78 is 1.88. The molecule has 0 amide bonds. The molecule has 0 aliphatic heterocycles. The van der Waals surface area contributed by atoms with Crippen LogP contribution in [0.25, 0.3) is 10.8 Å². The molecule has 102 valence electrons. The lowest BCUT2D eigenvalue weighted by Gasteiger charge is -2.18. The average Bonchev–Trinajstić information content (AvgIpc) is 2.79. The number of aryl methyl sites for hydroxylation is 2. The maximum absolute atomic E-state index is 4.46. The van der Waals surface area contributed by atoms with E-state index in [1.807, 2.05) is 18.8 Å². The minimum absolute atomic E-state index is 0.162. The number of hydrogen-bond acceptors (Lipinski definition) is 2. The molecule has 1 unspecified atom stereocenters. The second-order valence-corrected chi connectivity index (χ2v) is 5.13. The fourth-order valence-corrected chi connectivity index (χ4v) is 2.88. The van der Waals surface area contributed by atoms with Crippen LogP contribution in [-0.4, -0.2) is 16.8 Å². The molecule has 1 heterocycles. The third kappa shape index (κ3) is 2.10. The highest BCUT2D eigenvalue weighted by Crippen LogP contribution is 2.29. The maximum atomic E-state index is 4.46. The van der Waals surface area contributed by atoms with E-state index < -0.39 is 0 Å². The first-order chi connectivity index (χ1) is 9.70. The molecule has 1 N–H and O–H groups in total. The Morgan fingerprint density at radius 1 is 1.05 bits per heavy atom. The van der Waals surface area contributed by atoms with E-state index in [-0.39, 0.29) is 6.04 Å². The van der Waals surface area contributed by atoms with Gasteiger partial charge in [-0.25, -0.2) is 0 Å². The predicted octanol–water partition coefficient (Wildman–Crippen LogP) is 3.19. The molecule has 1 atom stereocenters. The Kier molecular flexibility index (Phi) is 3.28. The van der Waals surface area contributed by atoms with Gasteiger partial charge in [-0.15, -0.1) is 0 Å². The molecule has 0 spiro atoms. The normalized spacial score (nSPS) is 12.8. The molecular weight excluding hydrogens is 246 g/mol. The lowest BCUT2D eigenvalue weighted by Crippen LogP contribution is -2.18. The first kappa shape index (κ1) is 12.9. The van der Waals surface area contributed by atoms with Gasteiger partial charge in [0.1, 0.15) is 0 Å². The SMILES string of the molecule is CNC(c1cn(C)nc1C)c1cccc2ccccc12. The van der Waals surface area contributed by atoms with Gasteiger partial charge in [-0.2, -0.15) is 5.10 Å². The Balaban J connectivity index is 2.19. The largest absolute Gasteiger partial charge is 0.309 e. The van der Waals surface area contributed by atoms with Gasteiger partial charge in [0.15, 0.2) is 0 Å². The minimum Gasteiger partial charge on any atom is -0.309 e. The van der Waals surface area contributed by atoms with Crippen molar-refractivity contribution < 1.29 is 0 Å². The third-order valence-corrected chi connectivity index (χ3v) is 3.79. The van der Waals surface area contributed by atoms with Crippen molar-refractivity contribution in [2.45, 2.75) is 13.0 Å². The van der Waals surface area contributed by atoms with E-state index in [1.165, 1.54) is 21.9 Å².